The van der Waals surface area contributed by atoms with Gasteiger partial charge in [0, 0.05) is 18.2 Å². The minimum absolute atomic E-state index is 0.0418. The van der Waals surface area contributed by atoms with Gasteiger partial charge in [0.1, 0.15) is 11.8 Å². The summed E-state index contributed by atoms with van der Waals surface area (Å²) < 4.78 is 9.79. The third-order valence-corrected chi connectivity index (χ3v) is 4.17. The zero-order valence-corrected chi connectivity index (χ0v) is 17.1. The van der Waals surface area contributed by atoms with Crippen LogP contribution in [0.5, 0.6) is 0 Å². The summed E-state index contributed by atoms with van der Waals surface area (Å²) >= 11 is 5.94. The molecule has 1 heterocycles. The zero-order chi connectivity index (χ0) is 22.4. The molecule has 2 N–H and O–H groups in total. The smallest absolute Gasteiger partial charge is 0.329 e. The van der Waals surface area contributed by atoms with E-state index >= 15 is 0 Å². The first-order valence-corrected chi connectivity index (χ1v) is 9.11. The maximum Gasteiger partial charge on any atom is 0.329 e. The highest BCUT2D eigenvalue weighted by Crippen LogP contribution is 2.22. The fourth-order valence-electron chi connectivity index (χ4n) is 2.35. The van der Waals surface area contributed by atoms with Crippen molar-refractivity contribution in [2.24, 2.45) is 5.92 Å². The van der Waals surface area contributed by atoms with Gasteiger partial charge in [0.15, 0.2) is 12.4 Å². The minimum atomic E-state index is -1.08. The van der Waals surface area contributed by atoms with E-state index in [9.17, 15) is 24.5 Å². The van der Waals surface area contributed by atoms with E-state index in [-0.39, 0.29) is 28.0 Å². The molecule has 2 rings (SSSR count). The van der Waals surface area contributed by atoms with Gasteiger partial charge in [0.05, 0.1) is 15.5 Å². The van der Waals surface area contributed by atoms with Crippen LogP contribution >= 0.6 is 11.6 Å². The van der Waals surface area contributed by atoms with Crippen LogP contribution in [0.1, 0.15) is 30.0 Å². The summed E-state index contributed by atoms with van der Waals surface area (Å²) in [6, 6.07) is 3.76. The summed E-state index contributed by atoms with van der Waals surface area (Å²) in [7, 11) is 0. The van der Waals surface area contributed by atoms with Crippen LogP contribution in [-0.2, 0) is 14.3 Å². The fraction of sp³-hybridized carbons (Fsp3) is 0.333. The molecule has 12 heteroatoms. The monoisotopic (exact) mass is 438 g/mol. The van der Waals surface area contributed by atoms with Crippen molar-refractivity contribution < 1.29 is 28.6 Å². The number of nitro groups is 1. The summed E-state index contributed by atoms with van der Waals surface area (Å²) in [6.07, 6.45) is 0. The van der Waals surface area contributed by atoms with E-state index in [0.29, 0.717) is 5.76 Å². The van der Waals surface area contributed by atoms with Crippen molar-refractivity contribution in [2.45, 2.75) is 26.8 Å². The first-order valence-electron chi connectivity index (χ1n) is 8.73. The van der Waals surface area contributed by atoms with Crippen LogP contribution in [0.3, 0.4) is 0 Å². The lowest BCUT2D eigenvalue weighted by molar-refractivity contribution is -0.384. The van der Waals surface area contributed by atoms with E-state index in [0.717, 1.165) is 12.1 Å². The number of halogens is 1. The molecule has 0 aliphatic carbocycles. The number of nitrogens with one attached hydrogen (secondary N) is 2. The molecule has 0 saturated heterocycles. The predicted octanol–water partition coefficient (Wildman–Crippen LogP) is 2.48. The van der Waals surface area contributed by atoms with Crippen LogP contribution in [0.4, 0.5) is 11.5 Å². The van der Waals surface area contributed by atoms with Crippen LogP contribution < -0.4 is 10.6 Å². The number of anilines is 1. The Morgan fingerprint density at radius 2 is 2.00 bits per heavy atom. The molecule has 0 spiro atoms. The Labute approximate surface area is 175 Å². The number of rotatable bonds is 8. The van der Waals surface area contributed by atoms with Gasteiger partial charge in [-0.3, -0.25) is 19.7 Å². The third-order valence-electron chi connectivity index (χ3n) is 3.86. The van der Waals surface area contributed by atoms with E-state index in [1.165, 1.54) is 12.1 Å². The Bertz CT molecular complexity index is 973. The van der Waals surface area contributed by atoms with Crippen molar-refractivity contribution in [3.05, 3.63) is 50.7 Å². The Kier molecular flexibility index (Phi) is 7.48. The fourth-order valence-corrected chi connectivity index (χ4v) is 2.61. The van der Waals surface area contributed by atoms with Gasteiger partial charge in [-0.25, -0.2) is 4.79 Å². The molecule has 0 saturated carbocycles. The molecule has 0 aliphatic rings. The number of aromatic nitrogens is 1. The van der Waals surface area contributed by atoms with Gasteiger partial charge in [0.2, 0.25) is 0 Å². The van der Waals surface area contributed by atoms with Crippen LogP contribution in [0.2, 0.25) is 5.02 Å². The summed E-state index contributed by atoms with van der Waals surface area (Å²) in [5.41, 5.74) is -0.315. The Morgan fingerprint density at radius 1 is 1.30 bits per heavy atom. The van der Waals surface area contributed by atoms with Crippen LogP contribution in [0, 0.1) is 23.0 Å². The van der Waals surface area contributed by atoms with Gasteiger partial charge >= 0.3 is 5.97 Å². The van der Waals surface area contributed by atoms with Crippen LogP contribution in [-0.4, -0.2) is 40.5 Å². The summed E-state index contributed by atoms with van der Waals surface area (Å²) in [6.45, 7) is 4.39. The second-order valence-corrected chi connectivity index (χ2v) is 7.00. The van der Waals surface area contributed by atoms with Gasteiger partial charge in [-0.05, 0) is 18.9 Å². The Hall–Kier alpha value is -3.47. The number of carbonyl (C=O) groups is 3. The maximum absolute atomic E-state index is 12.5. The first-order chi connectivity index (χ1) is 14.1. The summed E-state index contributed by atoms with van der Waals surface area (Å²) in [5, 5.41) is 19.1. The third kappa shape index (κ3) is 6.01. The van der Waals surface area contributed by atoms with Crippen molar-refractivity contribution in [1.29, 1.82) is 0 Å². The molecule has 0 aliphatic heterocycles. The highest BCUT2D eigenvalue weighted by atomic mass is 35.5. The lowest BCUT2D eigenvalue weighted by Gasteiger charge is -2.21. The molecular formula is C18H19ClN4O7. The molecule has 1 aromatic carbocycles. The number of amides is 2. The standard InChI is InChI=1S/C18H19ClN4O7/c1-9(2)16(18(26)29-8-15(24)20-14-6-10(3)30-22-14)21-17(25)12-5-4-11(23(27)28)7-13(12)19/h4-7,9,16H,8H2,1-3H3,(H,21,25)(H,20,22,24)/t16-/m1/s1. The second kappa shape index (κ2) is 9.83. The van der Waals surface area contributed by atoms with E-state index in [2.05, 4.69) is 15.8 Å². The molecule has 1 aromatic heterocycles. The van der Waals surface area contributed by atoms with Crippen molar-refractivity contribution in [3.8, 4) is 0 Å². The minimum Gasteiger partial charge on any atom is -0.454 e. The van der Waals surface area contributed by atoms with E-state index < -0.39 is 35.4 Å². The zero-order valence-electron chi connectivity index (χ0n) is 16.3. The molecule has 2 amide bonds. The topological polar surface area (TPSA) is 154 Å². The molecule has 1 atom stereocenters. The number of hydrogen-bond donors (Lipinski definition) is 2. The number of esters is 1. The number of carbonyl (C=O) groups excluding carboxylic acids is 3. The highest BCUT2D eigenvalue weighted by Gasteiger charge is 2.28. The first kappa shape index (κ1) is 22.8. The number of nitro benzene ring substituents is 1. The molecule has 11 nitrogen and oxygen atoms in total. The SMILES string of the molecule is Cc1cc(NC(=O)COC(=O)[C@H](NC(=O)c2ccc([N+](=O)[O-])cc2Cl)C(C)C)no1. The lowest BCUT2D eigenvalue weighted by Crippen LogP contribution is -2.46. The average Bonchev–Trinajstić information content (AvgIpc) is 3.08. The molecule has 0 unspecified atom stereocenters. The number of nitrogens with zero attached hydrogens (tertiary/aromatic N) is 2. The number of ether oxygens (including phenoxy) is 1. The van der Waals surface area contributed by atoms with Gasteiger partial charge in [-0.1, -0.05) is 30.6 Å². The van der Waals surface area contributed by atoms with E-state index in [1.54, 1.807) is 20.8 Å². The van der Waals surface area contributed by atoms with Gasteiger partial charge in [-0.15, -0.1) is 0 Å². The van der Waals surface area contributed by atoms with Crippen molar-refractivity contribution in [3.63, 3.8) is 0 Å². The Morgan fingerprint density at radius 3 is 2.53 bits per heavy atom. The van der Waals surface area contributed by atoms with Gasteiger partial charge < -0.3 is 19.9 Å². The van der Waals surface area contributed by atoms with Crippen molar-refractivity contribution in [1.82, 2.24) is 10.5 Å². The van der Waals surface area contributed by atoms with Gasteiger partial charge in [0.25, 0.3) is 17.5 Å². The molecule has 0 fully saturated rings. The number of non-ortho nitro benzene ring substituents is 1. The normalized spacial score (nSPS) is 11.6. The summed E-state index contributed by atoms with van der Waals surface area (Å²) in [5.74, 6) is -1.88. The molecular weight excluding hydrogens is 420 g/mol. The largest absolute Gasteiger partial charge is 0.454 e. The molecule has 2 aromatic rings. The second-order valence-electron chi connectivity index (χ2n) is 6.60. The van der Waals surface area contributed by atoms with E-state index in [1.807, 2.05) is 0 Å². The molecule has 0 radical (unpaired) electrons. The van der Waals surface area contributed by atoms with Crippen LogP contribution in [0.25, 0.3) is 0 Å². The highest BCUT2D eigenvalue weighted by molar-refractivity contribution is 6.34. The van der Waals surface area contributed by atoms with Crippen molar-refractivity contribution >= 4 is 40.9 Å². The van der Waals surface area contributed by atoms with E-state index in [4.69, 9.17) is 20.9 Å². The molecule has 30 heavy (non-hydrogen) atoms. The number of aryl methyl sites for hydroxylation is 1. The molecule has 0 bridgehead atoms. The molecule has 160 valence electrons. The quantitative estimate of drug-likeness (QED) is 0.362. The predicted molar refractivity (Wildman–Crippen MR) is 105 cm³/mol. The van der Waals surface area contributed by atoms with Crippen molar-refractivity contribution in [2.75, 3.05) is 11.9 Å². The Balaban J connectivity index is 1.99. The average molecular weight is 439 g/mol. The van der Waals surface area contributed by atoms with Crippen LogP contribution in [0.15, 0.2) is 28.8 Å². The number of hydrogen-bond acceptors (Lipinski definition) is 8. The maximum atomic E-state index is 12.5. The summed E-state index contributed by atoms with van der Waals surface area (Å²) in [4.78, 5) is 46.8. The number of benzene rings is 1. The lowest BCUT2D eigenvalue weighted by atomic mass is 10.0. The van der Waals surface area contributed by atoms with Gasteiger partial charge in [-0.2, -0.15) is 0 Å².